The molecule has 0 spiro atoms. The number of hydrogen-bond donors (Lipinski definition) is 2. The quantitative estimate of drug-likeness (QED) is 0.717. The molecule has 2 aromatic rings. The van der Waals surface area contributed by atoms with Crippen molar-refractivity contribution in [3.63, 3.8) is 0 Å². The van der Waals surface area contributed by atoms with E-state index in [4.69, 9.17) is 4.74 Å². The molecule has 2 rings (SSSR count). The number of nitrogens with one attached hydrogen (secondary N) is 2. The van der Waals surface area contributed by atoms with Gasteiger partial charge in [0.2, 0.25) is 0 Å². The first kappa shape index (κ1) is 18.9. The number of hydrogen-bond acceptors (Lipinski definition) is 5. The van der Waals surface area contributed by atoms with Crippen LogP contribution in [0.15, 0.2) is 40.2 Å². The Bertz CT molecular complexity index is 791. The van der Waals surface area contributed by atoms with E-state index < -0.39 is 11.8 Å². The number of rotatable bonds is 5. The van der Waals surface area contributed by atoms with E-state index in [1.165, 1.54) is 22.3 Å². The number of carbonyl (C=O) groups is 3. The second-order valence-corrected chi connectivity index (χ2v) is 7.58. The van der Waals surface area contributed by atoms with Gasteiger partial charge >= 0.3 is 0 Å². The zero-order valence-corrected chi connectivity index (χ0v) is 15.9. The smallest absolute Gasteiger partial charge is 0.279 e. The normalized spacial score (nSPS) is 10.0. The predicted molar refractivity (Wildman–Crippen MR) is 97.6 cm³/mol. The van der Waals surface area contributed by atoms with Gasteiger partial charge in [0, 0.05) is 19.7 Å². The van der Waals surface area contributed by atoms with E-state index in [1.807, 2.05) is 0 Å². The van der Waals surface area contributed by atoms with Gasteiger partial charge in [-0.15, -0.1) is 11.3 Å². The summed E-state index contributed by atoms with van der Waals surface area (Å²) in [5.41, 5.74) is 4.98. The molecule has 0 saturated heterocycles. The Labute approximate surface area is 157 Å². The lowest BCUT2D eigenvalue weighted by atomic mass is 10.2. The van der Waals surface area contributed by atoms with Gasteiger partial charge in [-0.2, -0.15) is 0 Å². The van der Waals surface area contributed by atoms with Gasteiger partial charge in [-0.3, -0.25) is 25.2 Å². The molecule has 7 nitrogen and oxygen atoms in total. The first-order valence-electron chi connectivity index (χ1n) is 7.16. The van der Waals surface area contributed by atoms with Crippen molar-refractivity contribution >= 4 is 45.0 Å². The molecular weight excluding hydrogens is 410 g/mol. The summed E-state index contributed by atoms with van der Waals surface area (Å²) in [4.78, 5) is 37.4. The summed E-state index contributed by atoms with van der Waals surface area (Å²) < 4.78 is 6.18. The number of thiophene rings is 1. The van der Waals surface area contributed by atoms with Crippen LogP contribution in [-0.2, 0) is 4.79 Å². The van der Waals surface area contributed by atoms with Crippen molar-refractivity contribution in [1.29, 1.82) is 0 Å². The third-order valence-electron chi connectivity index (χ3n) is 3.04. The Balaban J connectivity index is 1.92. The van der Waals surface area contributed by atoms with Crippen LogP contribution in [0.2, 0.25) is 0 Å². The molecule has 0 aliphatic carbocycles. The fourth-order valence-electron chi connectivity index (χ4n) is 1.68. The zero-order chi connectivity index (χ0) is 18.4. The van der Waals surface area contributed by atoms with Crippen molar-refractivity contribution in [2.45, 2.75) is 0 Å². The second kappa shape index (κ2) is 8.63. The summed E-state index contributed by atoms with van der Waals surface area (Å²) in [6.45, 7) is -0.123. The molecule has 0 saturated carbocycles. The monoisotopic (exact) mass is 425 g/mol. The van der Waals surface area contributed by atoms with Crippen molar-refractivity contribution in [1.82, 2.24) is 15.8 Å². The van der Waals surface area contributed by atoms with Gasteiger partial charge in [-0.05, 0) is 46.3 Å². The van der Waals surface area contributed by atoms with E-state index in [0.29, 0.717) is 16.2 Å². The highest BCUT2D eigenvalue weighted by atomic mass is 79.9. The van der Waals surface area contributed by atoms with E-state index >= 15 is 0 Å². The molecule has 132 valence electrons. The fraction of sp³-hybridized carbons (Fsp3) is 0.188. The third kappa shape index (κ3) is 5.57. The van der Waals surface area contributed by atoms with Crippen LogP contribution < -0.4 is 15.6 Å². The summed E-state index contributed by atoms with van der Waals surface area (Å²) >= 11 is 4.52. The number of ether oxygens (including phenoxy) is 1. The Morgan fingerprint density at radius 2 is 1.84 bits per heavy atom. The minimum Gasteiger partial charge on any atom is -0.484 e. The SMILES string of the molecule is CN(C)C(=O)COc1cccc(C(=O)NNC(=O)c2ccc(Br)s2)c1. The molecule has 25 heavy (non-hydrogen) atoms. The molecule has 2 N–H and O–H groups in total. The second-order valence-electron chi connectivity index (χ2n) is 5.12. The van der Waals surface area contributed by atoms with Gasteiger partial charge in [0.1, 0.15) is 5.75 Å². The van der Waals surface area contributed by atoms with Gasteiger partial charge < -0.3 is 9.64 Å². The number of benzene rings is 1. The maximum absolute atomic E-state index is 12.1. The van der Waals surface area contributed by atoms with Crippen molar-refractivity contribution < 1.29 is 19.1 Å². The van der Waals surface area contributed by atoms with Gasteiger partial charge in [-0.25, -0.2) is 0 Å². The molecule has 0 radical (unpaired) electrons. The Morgan fingerprint density at radius 3 is 2.48 bits per heavy atom. The fourth-order valence-corrected chi connectivity index (χ4v) is 2.97. The molecule has 0 atom stereocenters. The topological polar surface area (TPSA) is 87.7 Å². The van der Waals surface area contributed by atoms with Crippen molar-refractivity contribution in [3.05, 3.63) is 50.6 Å². The van der Waals surface area contributed by atoms with Crippen LogP contribution in [0.5, 0.6) is 5.75 Å². The van der Waals surface area contributed by atoms with Crippen molar-refractivity contribution in [3.8, 4) is 5.75 Å². The zero-order valence-electron chi connectivity index (χ0n) is 13.5. The van der Waals surface area contributed by atoms with E-state index in [9.17, 15) is 14.4 Å². The average Bonchev–Trinajstić information content (AvgIpc) is 3.03. The molecule has 0 aliphatic rings. The highest BCUT2D eigenvalue weighted by Crippen LogP contribution is 2.21. The van der Waals surface area contributed by atoms with Crippen LogP contribution >= 0.6 is 27.3 Å². The van der Waals surface area contributed by atoms with E-state index in [-0.39, 0.29) is 12.5 Å². The molecule has 3 amide bonds. The molecule has 0 unspecified atom stereocenters. The largest absolute Gasteiger partial charge is 0.484 e. The maximum atomic E-state index is 12.1. The summed E-state index contributed by atoms with van der Waals surface area (Å²) in [6.07, 6.45) is 0. The van der Waals surface area contributed by atoms with Crippen LogP contribution in [0.1, 0.15) is 20.0 Å². The summed E-state index contributed by atoms with van der Waals surface area (Å²) in [5, 5.41) is 0. The number of carbonyl (C=O) groups excluding carboxylic acids is 3. The predicted octanol–water partition coefficient (Wildman–Crippen LogP) is 2.05. The highest BCUT2D eigenvalue weighted by molar-refractivity contribution is 9.11. The minimum atomic E-state index is -0.492. The number of likely N-dealkylation sites (N-methyl/N-ethyl adjacent to an activating group) is 1. The Morgan fingerprint density at radius 1 is 1.12 bits per heavy atom. The van der Waals surface area contributed by atoms with E-state index in [1.54, 1.807) is 44.4 Å². The van der Waals surface area contributed by atoms with Crippen LogP contribution in [0.3, 0.4) is 0 Å². The Kier molecular flexibility index (Phi) is 6.54. The number of hydrazine groups is 1. The lowest BCUT2D eigenvalue weighted by Gasteiger charge is -2.12. The molecule has 0 fully saturated rings. The van der Waals surface area contributed by atoms with Crippen LogP contribution in [0, 0.1) is 0 Å². The van der Waals surface area contributed by atoms with Gasteiger partial charge in [-0.1, -0.05) is 6.07 Å². The number of amides is 3. The first-order valence-corrected chi connectivity index (χ1v) is 8.77. The first-order chi connectivity index (χ1) is 11.9. The minimum absolute atomic E-state index is 0.123. The molecule has 1 aromatic heterocycles. The number of halogens is 1. The molecule has 0 aliphatic heterocycles. The van der Waals surface area contributed by atoms with Crippen LogP contribution in [0.4, 0.5) is 0 Å². The lowest BCUT2D eigenvalue weighted by molar-refractivity contribution is -0.130. The standard InChI is InChI=1S/C16H16BrN3O4S/c1-20(2)14(21)9-24-11-5-3-4-10(8-11)15(22)18-19-16(23)12-6-7-13(17)25-12/h3-8H,9H2,1-2H3,(H,18,22)(H,19,23). The summed E-state index contributed by atoms with van der Waals surface area (Å²) in [7, 11) is 3.26. The third-order valence-corrected chi connectivity index (χ3v) is 4.67. The summed E-state index contributed by atoms with van der Waals surface area (Å²) in [6, 6.07) is 9.73. The van der Waals surface area contributed by atoms with Crippen molar-refractivity contribution in [2.24, 2.45) is 0 Å². The molecule has 0 bridgehead atoms. The molecular formula is C16H16BrN3O4S. The van der Waals surface area contributed by atoms with Gasteiger partial charge in [0.15, 0.2) is 6.61 Å². The Hall–Kier alpha value is -2.39. The molecule has 9 heteroatoms. The average molecular weight is 426 g/mol. The highest BCUT2D eigenvalue weighted by Gasteiger charge is 2.12. The van der Waals surface area contributed by atoms with Gasteiger partial charge in [0.05, 0.1) is 8.66 Å². The maximum Gasteiger partial charge on any atom is 0.279 e. The van der Waals surface area contributed by atoms with E-state index in [2.05, 4.69) is 26.8 Å². The van der Waals surface area contributed by atoms with E-state index in [0.717, 1.165) is 3.79 Å². The van der Waals surface area contributed by atoms with Crippen molar-refractivity contribution in [2.75, 3.05) is 20.7 Å². The summed E-state index contributed by atoms with van der Waals surface area (Å²) in [5.74, 6) is -0.706. The van der Waals surface area contributed by atoms with Crippen LogP contribution in [0.25, 0.3) is 0 Å². The lowest BCUT2D eigenvalue weighted by Crippen LogP contribution is -2.41. The number of nitrogens with zero attached hydrogens (tertiary/aromatic N) is 1. The van der Waals surface area contributed by atoms with Gasteiger partial charge in [0.25, 0.3) is 17.7 Å². The molecule has 1 heterocycles. The molecule has 1 aromatic carbocycles. The van der Waals surface area contributed by atoms with Crippen LogP contribution in [-0.4, -0.2) is 43.3 Å².